The van der Waals surface area contributed by atoms with Crippen molar-refractivity contribution in [3.8, 4) is 6.07 Å². The Morgan fingerprint density at radius 1 is 1.44 bits per heavy atom. The lowest BCUT2D eigenvalue weighted by molar-refractivity contribution is 0.103. The molecule has 3 nitrogen and oxygen atoms in total. The van der Waals surface area contributed by atoms with Gasteiger partial charge in [-0.1, -0.05) is 23.2 Å². The zero-order valence-electron chi connectivity index (χ0n) is 8.29. The summed E-state index contributed by atoms with van der Waals surface area (Å²) in [7, 11) is 0. The van der Waals surface area contributed by atoms with Crippen LogP contribution in [-0.2, 0) is 0 Å². The van der Waals surface area contributed by atoms with Crippen molar-refractivity contribution in [1.29, 1.82) is 5.26 Å². The Morgan fingerprint density at radius 2 is 2.06 bits per heavy atom. The molecule has 0 aliphatic rings. The number of rotatable bonds is 2. The average molecular weight is 256 g/mol. The number of aliphatic hydroxyl groups excluding tert-OH is 1. The minimum Gasteiger partial charge on any atom is -0.511 e. The summed E-state index contributed by atoms with van der Waals surface area (Å²) in [4.78, 5) is 11.8. The normalized spacial score (nSPS) is 11.6. The van der Waals surface area contributed by atoms with E-state index in [0.29, 0.717) is 5.02 Å². The van der Waals surface area contributed by atoms with Crippen molar-refractivity contribution in [3.05, 3.63) is 45.1 Å². The molecule has 0 saturated heterocycles. The molecule has 1 aromatic carbocycles. The molecule has 0 unspecified atom stereocenters. The summed E-state index contributed by atoms with van der Waals surface area (Å²) < 4.78 is 0. The number of benzene rings is 1. The maximum atomic E-state index is 11.8. The minimum absolute atomic E-state index is 0.0964. The molecule has 0 atom stereocenters. The van der Waals surface area contributed by atoms with Crippen LogP contribution in [0, 0.1) is 11.3 Å². The molecule has 1 rings (SSSR count). The van der Waals surface area contributed by atoms with E-state index in [9.17, 15) is 4.79 Å². The van der Waals surface area contributed by atoms with Crippen molar-refractivity contribution in [2.24, 2.45) is 0 Å². The van der Waals surface area contributed by atoms with Crippen LogP contribution in [0.2, 0.25) is 10.0 Å². The van der Waals surface area contributed by atoms with E-state index >= 15 is 0 Å². The molecule has 1 aromatic rings. The van der Waals surface area contributed by atoms with Crippen LogP contribution in [0.3, 0.4) is 0 Å². The average Bonchev–Trinajstić information content (AvgIpc) is 2.22. The van der Waals surface area contributed by atoms with E-state index in [2.05, 4.69) is 0 Å². The molecule has 0 aromatic heterocycles. The van der Waals surface area contributed by atoms with Gasteiger partial charge in [0.2, 0.25) is 5.78 Å². The van der Waals surface area contributed by atoms with E-state index in [1.807, 2.05) is 0 Å². The van der Waals surface area contributed by atoms with Gasteiger partial charge in [-0.05, 0) is 25.1 Å². The molecule has 0 bridgehead atoms. The van der Waals surface area contributed by atoms with Gasteiger partial charge in [0.15, 0.2) is 0 Å². The highest BCUT2D eigenvalue weighted by molar-refractivity contribution is 6.37. The molecule has 0 amide bonds. The summed E-state index contributed by atoms with van der Waals surface area (Å²) in [5, 5.41) is 18.4. The molecular formula is C11H7Cl2NO2. The fourth-order valence-electron chi connectivity index (χ4n) is 1.10. The van der Waals surface area contributed by atoms with Gasteiger partial charge in [0, 0.05) is 10.6 Å². The molecule has 0 aliphatic carbocycles. The molecular weight excluding hydrogens is 249 g/mol. The van der Waals surface area contributed by atoms with Crippen molar-refractivity contribution in [2.45, 2.75) is 6.92 Å². The fraction of sp³-hybridized carbons (Fsp3) is 0.0909. The minimum atomic E-state index is -0.644. The predicted octanol–water partition coefficient (Wildman–Crippen LogP) is 3.53. The van der Waals surface area contributed by atoms with Gasteiger partial charge < -0.3 is 5.11 Å². The van der Waals surface area contributed by atoms with Crippen LogP contribution in [0.15, 0.2) is 29.5 Å². The first-order chi connectivity index (χ1) is 7.47. The first-order valence-corrected chi connectivity index (χ1v) is 5.02. The van der Waals surface area contributed by atoms with E-state index in [4.69, 9.17) is 33.6 Å². The van der Waals surface area contributed by atoms with E-state index < -0.39 is 5.78 Å². The van der Waals surface area contributed by atoms with Gasteiger partial charge >= 0.3 is 0 Å². The van der Waals surface area contributed by atoms with Gasteiger partial charge in [-0.15, -0.1) is 0 Å². The second-order valence-electron chi connectivity index (χ2n) is 3.03. The topological polar surface area (TPSA) is 61.1 Å². The van der Waals surface area contributed by atoms with Crippen LogP contribution in [0.5, 0.6) is 0 Å². The Bertz CT molecular complexity index is 511. The summed E-state index contributed by atoms with van der Waals surface area (Å²) in [5.74, 6) is -0.987. The molecule has 0 radical (unpaired) electrons. The number of nitrogens with zero attached hydrogens (tertiary/aromatic N) is 1. The number of allylic oxidation sites excluding steroid dienone is 2. The number of nitriles is 1. The summed E-state index contributed by atoms with van der Waals surface area (Å²) in [6.07, 6.45) is 0. The van der Waals surface area contributed by atoms with Gasteiger partial charge in [0.05, 0.1) is 5.02 Å². The molecule has 1 N–H and O–H groups in total. The highest BCUT2D eigenvalue weighted by Gasteiger charge is 2.18. The summed E-state index contributed by atoms with van der Waals surface area (Å²) in [5.41, 5.74) is -0.247. The Hall–Kier alpha value is -1.50. The number of hydrogen-bond acceptors (Lipinski definition) is 3. The first-order valence-electron chi connectivity index (χ1n) is 4.27. The maximum Gasteiger partial charge on any atom is 0.208 e. The lowest BCUT2D eigenvalue weighted by atomic mass is 10.0. The predicted molar refractivity (Wildman–Crippen MR) is 61.7 cm³/mol. The lowest BCUT2D eigenvalue weighted by Crippen LogP contribution is -2.05. The number of aliphatic hydroxyl groups is 1. The highest BCUT2D eigenvalue weighted by atomic mass is 35.5. The molecule has 0 aliphatic heterocycles. The van der Waals surface area contributed by atoms with Gasteiger partial charge in [0.1, 0.15) is 17.4 Å². The third-order valence-electron chi connectivity index (χ3n) is 1.87. The number of carbonyl (C=O) groups excluding carboxylic acids is 1. The largest absolute Gasteiger partial charge is 0.511 e. The molecule has 0 fully saturated rings. The molecule has 0 saturated carbocycles. The van der Waals surface area contributed by atoms with Gasteiger partial charge in [-0.25, -0.2) is 0 Å². The Morgan fingerprint density at radius 3 is 2.56 bits per heavy atom. The molecule has 82 valence electrons. The zero-order chi connectivity index (χ0) is 12.3. The SMILES string of the molecule is CC(O)=C(C#N)C(=O)c1cc(Cl)ccc1Cl. The summed E-state index contributed by atoms with van der Waals surface area (Å²) in [6, 6.07) is 5.97. The van der Waals surface area contributed by atoms with Crippen molar-refractivity contribution in [2.75, 3.05) is 0 Å². The highest BCUT2D eigenvalue weighted by Crippen LogP contribution is 2.23. The maximum absolute atomic E-state index is 11.8. The lowest BCUT2D eigenvalue weighted by Gasteiger charge is -2.03. The van der Waals surface area contributed by atoms with Crippen LogP contribution in [-0.4, -0.2) is 10.9 Å². The quantitative estimate of drug-likeness (QED) is 0.381. The first kappa shape index (κ1) is 12.6. The van der Waals surface area contributed by atoms with Gasteiger partial charge in [-0.3, -0.25) is 4.79 Å². The monoisotopic (exact) mass is 255 g/mol. The third kappa shape index (κ3) is 2.54. The molecule has 0 heterocycles. The Labute approximate surface area is 103 Å². The smallest absolute Gasteiger partial charge is 0.208 e. The molecule has 0 spiro atoms. The van der Waals surface area contributed by atoms with Crippen LogP contribution in [0.25, 0.3) is 0 Å². The fourth-order valence-corrected chi connectivity index (χ4v) is 1.48. The summed E-state index contributed by atoms with van der Waals surface area (Å²) in [6.45, 7) is 1.26. The van der Waals surface area contributed by atoms with Crippen LogP contribution in [0.4, 0.5) is 0 Å². The standard InChI is InChI=1S/C11H7Cl2NO2/c1-6(15)9(5-14)11(16)8-4-7(12)2-3-10(8)13/h2-4,15H,1H3. The van der Waals surface area contributed by atoms with E-state index in [0.717, 1.165) is 0 Å². The van der Waals surface area contributed by atoms with Crippen LogP contribution < -0.4 is 0 Å². The number of carbonyl (C=O) groups is 1. The van der Waals surface area contributed by atoms with Gasteiger partial charge in [0.25, 0.3) is 0 Å². The van der Waals surface area contributed by atoms with Crippen LogP contribution in [0.1, 0.15) is 17.3 Å². The molecule has 16 heavy (non-hydrogen) atoms. The van der Waals surface area contributed by atoms with Crippen molar-refractivity contribution in [1.82, 2.24) is 0 Å². The second kappa shape index (κ2) is 5.02. The second-order valence-corrected chi connectivity index (χ2v) is 3.87. The third-order valence-corrected chi connectivity index (χ3v) is 2.44. The van der Waals surface area contributed by atoms with Crippen molar-refractivity contribution in [3.63, 3.8) is 0 Å². The molecule has 5 heteroatoms. The summed E-state index contributed by atoms with van der Waals surface area (Å²) >= 11 is 11.5. The number of hydrogen-bond donors (Lipinski definition) is 1. The van der Waals surface area contributed by atoms with Gasteiger partial charge in [-0.2, -0.15) is 5.26 Å². The number of ketones is 1. The Balaban J connectivity index is 3.31. The Kier molecular flexibility index (Phi) is 3.94. The van der Waals surface area contributed by atoms with Crippen molar-refractivity contribution < 1.29 is 9.90 Å². The zero-order valence-corrected chi connectivity index (χ0v) is 9.80. The van der Waals surface area contributed by atoms with E-state index in [1.54, 1.807) is 6.07 Å². The van der Waals surface area contributed by atoms with Crippen molar-refractivity contribution >= 4 is 29.0 Å². The number of halogens is 2. The van der Waals surface area contributed by atoms with E-state index in [-0.39, 0.29) is 21.9 Å². The number of Topliss-reactive ketones (excluding diaryl/α,β-unsaturated/α-hetero) is 1. The van der Waals surface area contributed by atoms with Crippen LogP contribution >= 0.6 is 23.2 Å². The van der Waals surface area contributed by atoms with E-state index in [1.165, 1.54) is 25.1 Å².